The summed E-state index contributed by atoms with van der Waals surface area (Å²) in [6.45, 7) is 2.09. The summed E-state index contributed by atoms with van der Waals surface area (Å²) in [7, 11) is 0. The van der Waals surface area contributed by atoms with Crippen molar-refractivity contribution in [2.75, 3.05) is 0 Å². The number of rotatable bonds is 2. The average molecular weight is 433 g/mol. The van der Waals surface area contributed by atoms with Crippen LogP contribution in [-0.4, -0.2) is 5.11 Å². The maximum atomic E-state index is 14.2. The number of fused-ring (bicyclic) bond motifs is 5. The molecule has 1 aliphatic rings. The van der Waals surface area contributed by atoms with Crippen LogP contribution in [0.4, 0.5) is 4.39 Å². The maximum Gasteiger partial charge on any atom is 0.142 e. The Hall–Kier alpha value is -2.49. The molecule has 1 aliphatic carbocycles. The maximum absolute atomic E-state index is 14.2. The summed E-state index contributed by atoms with van der Waals surface area (Å²) < 4.78 is 15.1. The van der Waals surface area contributed by atoms with E-state index in [2.05, 4.69) is 47.1 Å². The lowest BCUT2D eigenvalue weighted by molar-refractivity contribution is 0.131. The number of hydrogen-bond acceptors (Lipinski definition) is 1. The van der Waals surface area contributed by atoms with Gasteiger partial charge in [-0.2, -0.15) is 0 Å². The number of benzene rings is 4. The molecule has 0 heterocycles. The van der Waals surface area contributed by atoms with E-state index in [1.807, 2.05) is 24.3 Å². The predicted octanol–water partition coefficient (Wildman–Crippen LogP) is 6.57. The van der Waals surface area contributed by atoms with Crippen molar-refractivity contribution < 1.29 is 9.50 Å². The molecule has 5 rings (SSSR count). The molecule has 0 amide bonds. The van der Waals surface area contributed by atoms with Gasteiger partial charge in [0.05, 0.1) is 0 Å². The van der Waals surface area contributed by atoms with Crippen LogP contribution in [0.15, 0.2) is 77.3 Å². The lowest BCUT2D eigenvalue weighted by atomic mass is 9.81. The number of halogens is 2. The Bertz CT molecular complexity index is 1250. The summed E-state index contributed by atoms with van der Waals surface area (Å²) in [5.41, 5.74) is 3.85. The molecule has 1 nitrogen and oxygen atoms in total. The largest absolute Gasteiger partial charge is 0.376 e. The number of hydrogen-bond donors (Lipinski definition) is 1. The molecule has 28 heavy (non-hydrogen) atoms. The summed E-state index contributed by atoms with van der Waals surface area (Å²) in [6.07, 6.45) is 0.866. The van der Waals surface area contributed by atoms with Crippen LogP contribution >= 0.6 is 15.9 Å². The van der Waals surface area contributed by atoms with Crippen LogP contribution in [0.1, 0.15) is 29.2 Å². The van der Waals surface area contributed by atoms with Gasteiger partial charge in [-0.1, -0.05) is 77.5 Å². The van der Waals surface area contributed by atoms with Crippen LogP contribution in [0.5, 0.6) is 0 Å². The highest BCUT2D eigenvalue weighted by Crippen LogP contribution is 2.55. The third-order valence-electron chi connectivity index (χ3n) is 5.76. The highest BCUT2D eigenvalue weighted by atomic mass is 79.9. The van der Waals surface area contributed by atoms with Gasteiger partial charge in [0.25, 0.3) is 0 Å². The van der Waals surface area contributed by atoms with Crippen molar-refractivity contribution in [3.63, 3.8) is 0 Å². The van der Waals surface area contributed by atoms with Crippen molar-refractivity contribution >= 4 is 26.7 Å². The van der Waals surface area contributed by atoms with Crippen molar-refractivity contribution in [3.05, 3.63) is 105 Å². The van der Waals surface area contributed by atoms with Crippen molar-refractivity contribution in [1.29, 1.82) is 0 Å². The lowest BCUT2D eigenvalue weighted by Crippen LogP contribution is -2.27. The molecule has 1 atom stereocenters. The zero-order valence-electron chi connectivity index (χ0n) is 15.3. The minimum Gasteiger partial charge on any atom is -0.376 e. The van der Waals surface area contributed by atoms with Crippen LogP contribution in [0.3, 0.4) is 0 Å². The summed E-state index contributed by atoms with van der Waals surface area (Å²) in [6, 6.07) is 22.6. The molecule has 0 radical (unpaired) electrons. The SMILES string of the molecule is CCc1ccc2c(c1)C(O)(c1cccc(F)c1)c1c-2c(Br)cc2ccccc12. The molecule has 0 aromatic heterocycles. The minimum absolute atomic E-state index is 0.355. The van der Waals surface area contributed by atoms with Crippen molar-refractivity contribution in [1.82, 2.24) is 0 Å². The standard InChI is InChI=1S/C25H18BrFO/c1-2-15-10-11-20-21(12-15)25(28,17-7-5-8-18(27)14-17)24-19-9-4-3-6-16(19)13-22(26)23(20)24/h3-14,28H,2H2,1H3. The van der Waals surface area contributed by atoms with E-state index in [4.69, 9.17) is 0 Å². The molecule has 1 N–H and O–H groups in total. The van der Waals surface area contributed by atoms with E-state index < -0.39 is 5.60 Å². The van der Waals surface area contributed by atoms with Gasteiger partial charge in [-0.25, -0.2) is 4.39 Å². The molecule has 0 saturated heterocycles. The Labute approximate surface area is 171 Å². The first-order chi connectivity index (χ1) is 13.5. The Morgan fingerprint density at radius 2 is 1.79 bits per heavy atom. The Morgan fingerprint density at radius 3 is 2.57 bits per heavy atom. The van der Waals surface area contributed by atoms with Crippen molar-refractivity contribution in [3.8, 4) is 11.1 Å². The zero-order chi connectivity index (χ0) is 19.5. The molecule has 0 bridgehead atoms. The van der Waals surface area contributed by atoms with E-state index in [0.717, 1.165) is 49.5 Å². The van der Waals surface area contributed by atoms with Gasteiger partial charge in [0, 0.05) is 21.2 Å². The Balaban J connectivity index is 1.98. The molecule has 0 fully saturated rings. The lowest BCUT2D eigenvalue weighted by Gasteiger charge is -2.28. The van der Waals surface area contributed by atoms with E-state index in [-0.39, 0.29) is 5.82 Å². The second-order valence-corrected chi connectivity index (χ2v) is 8.14. The Kier molecular flexibility index (Phi) is 3.94. The third kappa shape index (κ3) is 2.33. The molecule has 1 unspecified atom stereocenters. The molecule has 0 aliphatic heterocycles. The number of aryl methyl sites for hydroxylation is 1. The first-order valence-corrected chi connectivity index (χ1v) is 10.2. The smallest absolute Gasteiger partial charge is 0.142 e. The van der Waals surface area contributed by atoms with Crippen LogP contribution in [-0.2, 0) is 12.0 Å². The van der Waals surface area contributed by atoms with Gasteiger partial charge in [0.15, 0.2) is 0 Å². The van der Waals surface area contributed by atoms with Crippen molar-refractivity contribution in [2.45, 2.75) is 18.9 Å². The molecule has 0 spiro atoms. The molecule has 0 saturated carbocycles. The average Bonchev–Trinajstić information content (AvgIpc) is 2.98. The van der Waals surface area contributed by atoms with Crippen LogP contribution in [0, 0.1) is 5.82 Å². The van der Waals surface area contributed by atoms with E-state index >= 15 is 0 Å². The highest BCUT2D eigenvalue weighted by Gasteiger charge is 2.45. The minimum atomic E-state index is -1.42. The quantitative estimate of drug-likeness (QED) is 0.379. The first-order valence-electron chi connectivity index (χ1n) is 9.38. The third-order valence-corrected chi connectivity index (χ3v) is 6.38. The normalized spacial score (nSPS) is 17.6. The fourth-order valence-corrected chi connectivity index (χ4v) is 5.09. The van der Waals surface area contributed by atoms with Gasteiger partial charge < -0.3 is 5.11 Å². The molecule has 138 valence electrons. The van der Waals surface area contributed by atoms with E-state index in [9.17, 15) is 9.50 Å². The van der Waals surface area contributed by atoms with Gasteiger partial charge in [-0.05, 0) is 52.1 Å². The fourth-order valence-electron chi connectivity index (χ4n) is 4.43. The second-order valence-electron chi connectivity index (χ2n) is 7.28. The van der Waals surface area contributed by atoms with E-state index in [1.54, 1.807) is 12.1 Å². The van der Waals surface area contributed by atoms with Gasteiger partial charge in [-0.15, -0.1) is 0 Å². The van der Waals surface area contributed by atoms with Crippen LogP contribution in [0.2, 0.25) is 0 Å². The number of aliphatic hydroxyl groups is 1. The van der Waals surface area contributed by atoms with Crippen LogP contribution in [0.25, 0.3) is 21.9 Å². The molecular weight excluding hydrogens is 415 g/mol. The predicted molar refractivity (Wildman–Crippen MR) is 115 cm³/mol. The fraction of sp³-hybridized carbons (Fsp3) is 0.120. The summed E-state index contributed by atoms with van der Waals surface area (Å²) >= 11 is 3.73. The monoisotopic (exact) mass is 432 g/mol. The molecule has 3 heteroatoms. The van der Waals surface area contributed by atoms with Gasteiger partial charge in [-0.3, -0.25) is 0 Å². The summed E-state index contributed by atoms with van der Waals surface area (Å²) in [4.78, 5) is 0. The summed E-state index contributed by atoms with van der Waals surface area (Å²) in [5, 5.41) is 14.3. The Morgan fingerprint density at radius 1 is 0.964 bits per heavy atom. The van der Waals surface area contributed by atoms with E-state index in [0.29, 0.717) is 5.56 Å². The van der Waals surface area contributed by atoms with Gasteiger partial charge in [0.2, 0.25) is 0 Å². The topological polar surface area (TPSA) is 20.2 Å². The first kappa shape index (κ1) is 17.6. The second kappa shape index (κ2) is 6.26. The molecular formula is C25H18BrFO. The van der Waals surface area contributed by atoms with Crippen LogP contribution < -0.4 is 0 Å². The van der Waals surface area contributed by atoms with Crippen molar-refractivity contribution in [2.24, 2.45) is 0 Å². The summed E-state index contributed by atoms with van der Waals surface area (Å²) in [5.74, 6) is -0.355. The van der Waals surface area contributed by atoms with E-state index in [1.165, 1.54) is 12.1 Å². The van der Waals surface area contributed by atoms with Gasteiger partial charge >= 0.3 is 0 Å². The van der Waals surface area contributed by atoms with Gasteiger partial charge in [0.1, 0.15) is 11.4 Å². The molecule has 4 aromatic rings. The highest BCUT2D eigenvalue weighted by molar-refractivity contribution is 9.10. The molecule has 4 aromatic carbocycles. The zero-order valence-corrected chi connectivity index (χ0v) is 16.9.